The SMILES string of the molecule is Cc1cc2nn(CC(=O)Nc3ccc(F)cc3Cl)c(=O)n2c(Nc2ccccc2)n1. The summed E-state index contributed by atoms with van der Waals surface area (Å²) in [4.78, 5) is 29.6. The van der Waals surface area contributed by atoms with Gasteiger partial charge in [-0.1, -0.05) is 29.8 Å². The summed E-state index contributed by atoms with van der Waals surface area (Å²) in [5.41, 5.74) is 1.46. The lowest BCUT2D eigenvalue weighted by atomic mass is 10.3. The van der Waals surface area contributed by atoms with Crippen molar-refractivity contribution in [1.29, 1.82) is 0 Å². The summed E-state index contributed by atoms with van der Waals surface area (Å²) in [6.07, 6.45) is 0. The van der Waals surface area contributed by atoms with E-state index in [1.54, 1.807) is 13.0 Å². The topological polar surface area (TPSA) is 93.3 Å². The molecule has 2 aromatic carbocycles. The molecule has 0 atom stereocenters. The van der Waals surface area contributed by atoms with Gasteiger partial charge < -0.3 is 10.6 Å². The van der Waals surface area contributed by atoms with Crippen LogP contribution >= 0.6 is 11.6 Å². The minimum Gasteiger partial charge on any atom is -0.325 e. The van der Waals surface area contributed by atoms with Gasteiger partial charge in [0.15, 0.2) is 5.65 Å². The molecule has 152 valence electrons. The van der Waals surface area contributed by atoms with Crippen LogP contribution in [0.1, 0.15) is 5.69 Å². The molecule has 0 fully saturated rings. The third-order valence-corrected chi connectivity index (χ3v) is 4.54. The number of nitrogens with one attached hydrogen (secondary N) is 2. The van der Waals surface area contributed by atoms with Crippen LogP contribution in [0.2, 0.25) is 5.02 Å². The standard InChI is InChI=1S/C20H16ClFN6O2/c1-12-9-17-26-27(11-18(29)25-16-8-7-13(22)10-15(16)21)20(30)28(17)19(23-12)24-14-5-3-2-4-6-14/h2-10H,11H2,1H3,(H,23,24)(H,25,29). The van der Waals surface area contributed by atoms with Crippen molar-refractivity contribution < 1.29 is 9.18 Å². The Balaban J connectivity index is 1.63. The van der Waals surface area contributed by atoms with E-state index in [0.717, 1.165) is 16.4 Å². The van der Waals surface area contributed by atoms with E-state index in [0.29, 0.717) is 11.3 Å². The van der Waals surface area contributed by atoms with Crippen molar-refractivity contribution in [3.8, 4) is 0 Å². The molecule has 0 unspecified atom stereocenters. The number of rotatable bonds is 5. The largest absolute Gasteiger partial charge is 0.353 e. The molecule has 0 saturated heterocycles. The average molecular weight is 427 g/mol. The first-order valence-corrected chi connectivity index (χ1v) is 9.33. The van der Waals surface area contributed by atoms with Gasteiger partial charge in [0, 0.05) is 17.4 Å². The molecule has 0 saturated carbocycles. The fourth-order valence-corrected chi connectivity index (χ4v) is 3.12. The molecule has 0 bridgehead atoms. The van der Waals surface area contributed by atoms with Crippen molar-refractivity contribution in [1.82, 2.24) is 19.2 Å². The van der Waals surface area contributed by atoms with Gasteiger partial charge in [0.1, 0.15) is 12.4 Å². The summed E-state index contributed by atoms with van der Waals surface area (Å²) < 4.78 is 15.5. The second kappa shape index (κ2) is 7.96. The summed E-state index contributed by atoms with van der Waals surface area (Å²) in [5.74, 6) is -0.762. The number of anilines is 3. The quantitative estimate of drug-likeness (QED) is 0.510. The van der Waals surface area contributed by atoms with Crippen LogP contribution in [-0.4, -0.2) is 25.1 Å². The van der Waals surface area contributed by atoms with Crippen LogP contribution in [0.5, 0.6) is 0 Å². The van der Waals surface area contributed by atoms with E-state index >= 15 is 0 Å². The highest BCUT2D eigenvalue weighted by molar-refractivity contribution is 6.33. The van der Waals surface area contributed by atoms with Crippen molar-refractivity contribution in [2.75, 3.05) is 10.6 Å². The van der Waals surface area contributed by atoms with Gasteiger partial charge in [-0.3, -0.25) is 4.79 Å². The van der Waals surface area contributed by atoms with Crippen LogP contribution in [0, 0.1) is 12.7 Å². The first-order valence-electron chi connectivity index (χ1n) is 8.95. The van der Waals surface area contributed by atoms with Gasteiger partial charge in [0.05, 0.1) is 10.7 Å². The van der Waals surface area contributed by atoms with Crippen LogP contribution in [-0.2, 0) is 11.3 Å². The molecule has 2 heterocycles. The molecule has 4 rings (SSSR count). The van der Waals surface area contributed by atoms with Gasteiger partial charge in [-0.15, -0.1) is 5.10 Å². The predicted molar refractivity (Wildman–Crippen MR) is 112 cm³/mol. The van der Waals surface area contributed by atoms with Crippen molar-refractivity contribution >= 4 is 40.5 Å². The molecule has 0 aliphatic heterocycles. The van der Waals surface area contributed by atoms with E-state index in [1.807, 2.05) is 30.3 Å². The molecule has 4 aromatic rings. The Hall–Kier alpha value is -3.72. The number of amides is 1. The molecule has 1 amide bonds. The molecule has 2 aromatic heterocycles. The maximum absolute atomic E-state index is 13.2. The van der Waals surface area contributed by atoms with Gasteiger partial charge in [-0.05, 0) is 37.3 Å². The monoisotopic (exact) mass is 426 g/mol. The molecule has 8 nitrogen and oxygen atoms in total. The number of aryl methyl sites for hydroxylation is 1. The number of hydrogen-bond donors (Lipinski definition) is 2. The summed E-state index contributed by atoms with van der Waals surface area (Å²) >= 11 is 5.93. The summed E-state index contributed by atoms with van der Waals surface area (Å²) in [6, 6.07) is 14.5. The van der Waals surface area contributed by atoms with Gasteiger partial charge >= 0.3 is 5.69 Å². The average Bonchev–Trinajstić information content (AvgIpc) is 3.00. The summed E-state index contributed by atoms with van der Waals surface area (Å²) in [6.45, 7) is 1.43. The third kappa shape index (κ3) is 4.01. The molecular formula is C20H16ClFN6O2. The zero-order valence-corrected chi connectivity index (χ0v) is 16.5. The van der Waals surface area contributed by atoms with E-state index in [-0.39, 0.29) is 23.2 Å². The van der Waals surface area contributed by atoms with Crippen molar-refractivity contribution in [3.05, 3.63) is 81.6 Å². The number of carbonyl (C=O) groups excluding carboxylic acids is 1. The first-order chi connectivity index (χ1) is 14.4. The van der Waals surface area contributed by atoms with E-state index < -0.39 is 17.4 Å². The first kappa shape index (κ1) is 19.6. The molecule has 10 heteroatoms. The van der Waals surface area contributed by atoms with E-state index in [1.165, 1.54) is 16.5 Å². The number of para-hydroxylation sites is 1. The highest BCUT2D eigenvalue weighted by Gasteiger charge is 2.16. The summed E-state index contributed by atoms with van der Waals surface area (Å²) in [5, 5.41) is 9.92. The lowest BCUT2D eigenvalue weighted by molar-refractivity contribution is -0.117. The third-order valence-electron chi connectivity index (χ3n) is 4.22. The Bertz CT molecular complexity index is 1300. The van der Waals surface area contributed by atoms with Gasteiger partial charge in [-0.25, -0.2) is 23.3 Å². The number of benzene rings is 2. The fraction of sp³-hybridized carbons (Fsp3) is 0.100. The Morgan fingerprint density at radius 3 is 2.67 bits per heavy atom. The maximum Gasteiger partial charge on any atom is 0.353 e. The van der Waals surface area contributed by atoms with Gasteiger partial charge in [0.25, 0.3) is 0 Å². The number of aromatic nitrogens is 4. The zero-order chi connectivity index (χ0) is 21.3. The summed E-state index contributed by atoms with van der Waals surface area (Å²) in [7, 11) is 0. The van der Waals surface area contributed by atoms with E-state index in [9.17, 15) is 14.0 Å². The van der Waals surface area contributed by atoms with Crippen molar-refractivity contribution in [2.24, 2.45) is 0 Å². The molecule has 0 aliphatic rings. The van der Waals surface area contributed by atoms with Crippen LogP contribution in [0.25, 0.3) is 5.65 Å². The fourth-order valence-electron chi connectivity index (χ4n) is 2.91. The van der Waals surface area contributed by atoms with Crippen LogP contribution < -0.4 is 16.3 Å². The predicted octanol–water partition coefficient (Wildman–Crippen LogP) is 3.37. The smallest absolute Gasteiger partial charge is 0.325 e. The van der Waals surface area contributed by atoms with E-state index in [2.05, 4.69) is 20.7 Å². The second-order valence-corrected chi connectivity index (χ2v) is 6.93. The zero-order valence-electron chi connectivity index (χ0n) is 15.8. The molecular weight excluding hydrogens is 411 g/mol. The number of carbonyl (C=O) groups is 1. The maximum atomic E-state index is 13.2. The Morgan fingerprint density at radius 1 is 1.17 bits per heavy atom. The van der Waals surface area contributed by atoms with Gasteiger partial charge in [0.2, 0.25) is 11.9 Å². The molecule has 0 spiro atoms. The lowest BCUT2D eigenvalue weighted by Crippen LogP contribution is -2.29. The minimum absolute atomic E-state index is 0.0554. The second-order valence-electron chi connectivity index (χ2n) is 6.52. The molecule has 0 aliphatic carbocycles. The highest BCUT2D eigenvalue weighted by atomic mass is 35.5. The Labute approximate surface area is 174 Å². The minimum atomic E-state index is -0.531. The van der Waals surface area contributed by atoms with Gasteiger partial charge in [-0.2, -0.15) is 0 Å². The van der Waals surface area contributed by atoms with E-state index in [4.69, 9.17) is 11.6 Å². The number of nitrogens with zero attached hydrogens (tertiary/aromatic N) is 4. The van der Waals surface area contributed by atoms with Crippen LogP contribution in [0.4, 0.5) is 21.7 Å². The Kier molecular flexibility index (Phi) is 5.20. The lowest BCUT2D eigenvalue weighted by Gasteiger charge is -2.07. The van der Waals surface area contributed by atoms with Crippen LogP contribution in [0.3, 0.4) is 0 Å². The number of fused-ring (bicyclic) bond motifs is 1. The number of halogens is 2. The normalized spacial score (nSPS) is 10.9. The van der Waals surface area contributed by atoms with Crippen molar-refractivity contribution in [3.63, 3.8) is 0 Å². The van der Waals surface area contributed by atoms with Crippen LogP contribution in [0.15, 0.2) is 59.4 Å². The molecule has 0 radical (unpaired) electrons. The Morgan fingerprint density at radius 2 is 1.93 bits per heavy atom. The highest BCUT2D eigenvalue weighted by Crippen LogP contribution is 2.22. The number of hydrogen-bond acceptors (Lipinski definition) is 5. The molecule has 2 N–H and O–H groups in total. The molecule has 30 heavy (non-hydrogen) atoms. The van der Waals surface area contributed by atoms with Crippen molar-refractivity contribution in [2.45, 2.75) is 13.5 Å².